The van der Waals surface area contributed by atoms with Gasteiger partial charge >= 0.3 is 0 Å². The fourth-order valence-corrected chi connectivity index (χ4v) is 5.02. The fraction of sp³-hybridized carbons (Fsp3) is 0.312. The Morgan fingerprint density at radius 1 is 0.738 bits per heavy atom. The normalized spacial score (nSPS) is 13.4. The second-order valence-electron chi connectivity index (χ2n) is 9.40. The summed E-state index contributed by atoms with van der Waals surface area (Å²) in [5.74, 6) is 2.05. The van der Waals surface area contributed by atoms with Crippen LogP contribution < -0.4 is 23.7 Å². The Balaban J connectivity index is 1.56. The SMILES string of the molecule is CCOc1ccc(C(=CC(=O)N2CCN(C(=O)c3cc(OC)c(OC)c(OC)c3)CC2)c2cccc(Cl)c2)cc1OC. The molecule has 0 radical (unpaired) electrons. The first kappa shape index (κ1) is 30.6. The van der Waals surface area contributed by atoms with Gasteiger partial charge in [0.15, 0.2) is 23.0 Å². The first-order chi connectivity index (χ1) is 20.3. The predicted molar refractivity (Wildman–Crippen MR) is 161 cm³/mol. The average molecular weight is 595 g/mol. The lowest BCUT2D eigenvalue weighted by Gasteiger charge is -2.34. The maximum absolute atomic E-state index is 13.6. The molecule has 2 amide bonds. The molecule has 4 rings (SSSR count). The molecule has 1 aliphatic rings. The summed E-state index contributed by atoms with van der Waals surface area (Å²) >= 11 is 6.31. The van der Waals surface area contributed by atoms with E-state index in [0.717, 1.165) is 11.1 Å². The van der Waals surface area contributed by atoms with Crippen molar-refractivity contribution in [3.8, 4) is 28.7 Å². The number of carbonyl (C=O) groups excluding carboxylic acids is 2. The molecule has 1 fully saturated rings. The molecule has 9 nitrogen and oxygen atoms in total. The van der Waals surface area contributed by atoms with E-state index in [4.69, 9.17) is 35.3 Å². The lowest BCUT2D eigenvalue weighted by Crippen LogP contribution is -2.50. The van der Waals surface area contributed by atoms with Crippen LogP contribution in [0.4, 0.5) is 0 Å². The molecule has 1 aliphatic heterocycles. The fourth-order valence-electron chi connectivity index (χ4n) is 4.83. The molecule has 0 N–H and O–H groups in total. The molecule has 0 unspecified atom stereocenters. The monoisotopic (exact) mass is 594 g/mol. The van der Waals surface area contributed by atoms with Crippen molar-refractivity contribution in [1.29, 1.82) is 0 Å². The number of methoxy groups -OCH3 is 4. The Labute approximate surface area is 251 Å². The standard InChI is InChI=1S/C32H35ClN2O7/c1-6-42-26-11-10-22(17-27(26)38-2)25(21-8-7-9-24(33)16-21)20-30(36)34-12-14-35(15-13-34)32(37)23-18-28(39-3)31(41-5)29(19-23)40-4/h7-11,16-20H,6,12-15H2,1-5H3. The van der Waals surface area contributed by atoms with Crippen LogP contribution in [0.25, 0.3) is 5.57 Å². The summed E-state index contributed by atoms with van der Waals surface area (Å²) in [5.41, 5.74) is 2.68. The van der Waals surface area contributed by atoms with Gasteiger partial charge in [-0.25, -0.2) is 0 Å². The summed E-state index contributed by atoms with van der Waals surface area (Å²) in [6.45, 7) is 3.90. The minimum absolute atomic E-state index is 0.169. The number of hydrogen-bond acceptors (Lipinski definition) is 7. The largest absolute Gasteiger partial charge is 0.493 e. The molecule has 1 heterocycles. The Hall–Kier alpha value is -4.37. The van der Waals surface area contributed by atoms with E-state index in [-0.39, 0.29) is 11.8 Å². The number of hydrogen-bond donors (Lipinski definition) is 0. The summed E-state index contributed by atoms with van der Waals surface area (Å²) in [7, 11) is 6.10. The number of carbonyl (C=O) groups is 2. The van der Waals surface area contributed by atoms with E-state index in [1.165, 1.54) is 21.3 Å². The third-order valence-corrected chi connectivity index (χ3v) is 7.20. The number of amides is 2. The van der Waals surface area contributed by atoms with Crippen molar-refractivity contribution >= 4 is 29.0 Å². The van der Waals surface area contributed by atoms with Gasteiger partial charge in [-0.2, -0.15) is 0 Å². The molecule has 0 aromatic heterocycles. The van der Waals surface area contributed by atoms with Crippen LogP contribution in [0.15, 0.2) is 60.7 Å². The second kappa shape index (κ2) is 14.0. The second-order valence-corrected chi connectivity index (χ2v) is 9.83. The molecule has 3 aromatic rings. The van der Waals surface area contributed by atoms with Crippen LogP contribution >= 0.6 is 11.6 Å². The summed E-state index contributed by atoms with van der Waals surface area (Å²) in [6, 6.07) is 16.2. The highest BCUT2D eigenvalue weighted by molar-refractivity contribution is 6.30. The Morgan fingerprint density at radius 2 is 1.33 bits per heavy atom. The zero-order valence-electron chi connectivity index (χ0n) is 24.4. The van der Waals surface area contributed by atoms with Crippen molar-refractivity contribution in [1.82, 2.24) is 9.80 Å². The third-order valence-electron chi connectivity index (χ3n) is 6.97. The van der Waals surface area contributed by atoms with E-state index in [2.05, 4.69) is 0 Å². The van der Waals surface area contributed by atoms with Gasteiger partial charge in [0.1, 0.15) is 0 Å². The van der Waals surface area contributed by atoms with E-state index >= 15 is 0 Å². The highest BCUT2D eigenvalue weighted by atomic mass is 35.5. The Bertz CT molecular complexity index is 1440. The molecule has 0 aliphatic carbocycles. The highest BCUT2D eigenvalue weighted by Crippen LogP contribution is 2.38. The van der Waals surface area contributed by atoms with Crippen LogP contribution in [-0.2, 0) is 4.79 Å². The molecule has 0 atom stereocenters. The zero-order chi connectivity index (χ0) is 30.2. The minimum atomic E-state index is -0.182. The van der Waals surface area contributed by atoms with E-state index in [1.54, 1.807) is 41.2 Å². The van der Waals surface area contributed by atoms with Gasteiger partial charge in [0, 0.05) is 42.8 Å². The topological polar surface area (TPSA) is 86.8 Å². The molecule has 1 saturated heterocycles. The summed E-state index contributed by atoms with van der Waals surface area (Å²) < 4.78 is 27.4. The number of halogens is 1. The van der Waals surface area contributed by atoms with Gasteiger partial charge in [0.2, 0.25) is 11.7 Å². The number of benzene rings is 3. The smallest absolute Gasteiger partial charge is 0.254 e. The van der Waals surface area contributed by atoms with Crippen LogP contribution in [0.3, 0.4) is 0 Å². The van der Waals surface area contributed by atoms with Crippen molar-refractivity contribution in [2.75, 3.05) is 61.2 Å². The first-order valence-electron chi connectivity index (χ1n) is 13.5. The van der Waals surface area contributed by atoms with Crippen molar-refractivity contribution in [3.05, 3.63) is 82.4 Å². The van der Waals surface area contributed by atoms with Gasteiger partial charge in [-0.15, -0.1) is 0 Å². The van der Waals surface area contributed by atoms with E-state index < -0.39 is 0 Å². The number of rotatable bonds is 10. The molecule has 10 heteroatoms. The summed E-state index contributed by atoms with van der Waals surface area (Å²) in [5, 5.41) is 0.558. The maximum atomic E-state index is 13.6. The van der Waals surface area contributed by atoms with Gasteiger partial charge in [0.25, 0.3) is 5.91 Å². The molecular weight excluding hydrogens is 560 g/mol. The lowest BCUT2D eigenvalue weighted by atomic mass is 9.96. The third kappa shape index (κ3) is 6.74. The zero-order valence-corrected chi connectivity index (χ0v) is 25.2. The number of nitrogens with zero attached hydrogens (tertiary/aromatic N) is 2. The van der Waals surface area contributed by atoms with Crippen molar-refractivity contribution < 1.29 is 33.3 Å². The van der Waals surface area contributed by atoms with E-state index in [1.807, 2.05) is 43.3 Å². The lowest BCUT2D eigenvalue weighted by molar-refractivity contribution is -0.127. The Morgan fingerprint density at radius 3 is 1.90 bits per heavy atom. The molecule has 0 saturated carbocycles. The van der Waals surface area contributed by atoms with E-state index in [0.29, 0.717) is 77.7 Å². The van der Waals surface area contributed by atoms with Gasteiger partial charge in [-0.05, 0) is 60.0 Å². The van der Waals surface area contributed by atoms with E-state index in [9.17, 15) is 9.59 Å². The molecule has 0 spiro atoms. The van der Waals surface area contributed by atoms with Crippen molar-refractivity contribution in [2.24, 2.45) is 0 Å². The molecule has 42 heavy (non-hydrogen) atoms. The summed E-state index contributed by atoms with van der Waals surface area (Å²) in [4.78, 5) is 30.4. The van der Waals surface area contributed by atoms with Gasteiger partial charge < -0.3 is 33.5 Å². The number of ether oxygens (including phenoxy) is 5. The highest BCUT2D eigenvalue weighted by Gasteiger charge is 2.27. The van der Waals surface area contributed by atoms with Gasteiger partial charge in [-0.3, -0.25) is 9.59 Å². The molecular formula is C32H35ClN2O7. The minimum Gasteiger partial charge on any atom is -0.493 e. The van der Waals surface area contributed by atoms with Crippen LogP contribution in [-0.4, -0.2) is 82.8 Å². The van der Waals surface area contributed by atoms with Crippen LogP contribution in [0.2, 0.25) is 5.02 Å². The quantitative estimate of drug-likeness (QED) is 0.299. The maximum Gasteiger partial charge on any atom is 0.254 e. The van der Waals surface area contributed by atoms with Crippen LogP contribution in [0.1, 0.15) is 28.4 Å². The molecule has 222 valence electrons. The van der Waals surface area contributed by atoms with Crippen molar-refractivity contribution in [3.63, 3.8) is 0 Å². The van der Waals surface area contributed by atoms with Crippen LogP contribution in [0, 0.1) is 0 Å². The van der Waals surface area contributed by atoms with Gasteiger partial charge in [-0.1, -0.05) is 29.8 Å². The summed E-state index contributed by atoms with van der Waals surface area (Å²) in [6.07, 6.45) is 1.61. The van der Waals surface area contributed by atoms with Crippen molar-refractivity contribution in [2.45, 2.75) is 6.92 Å². The Kier molecular flexibility index (Phi) is 10.2. The van der Waals surface area contributed by atoms with Crippen LogP contribution in [0.5, 0.6) is 28.7 Å². The first-order valence-corrected chi connectivity index (χ1v) is 13.9. The average Bonchev–Trinajstić information content (AvgIpc) is 3.02. The number of piperazine rings is 1. The predicted octanol–water partition coefficient (Wildman–Crippen LogP) is 5.19. The van der Waals surface area contributed by atoms with Gasteiger partial charge in [0.05, 0.1) is 35.0 Å². The molecule has 0 bridgehead atoms. The molecule has 3 aromatic carbocycles.